The molecule has 0 fully saturated rings. The Kier molecular flexibility index (Phi) is 3.14. The molecule has 0 unspecified atom stereocenters. The molecule has 4 nitrogen and oxygen atoms in total. The van der Waals surface area contributed by atoms with E-state index in [1.165, 1.54) is 6.07 Å². The average Bonchev–Trinajstić information content (AvgIpc) is 2.48. The van der Waals surface area contributed by atoms with Gasteiger partial charge in [0.15, 0.2) is 0 Å². The van der Waals surface area contributed by atoms with Crippen molar-refractivity contribution >= 4 is 26.4 Å². The maximum atomic E-state index is 12.9. The molecule has 2 N–H and O–H groups in total. The number of benzene rings is 2. The van der Waals surface area contributed by atoms with Crippen LogP contribution in [0.15, 0.2) is 64.5 Å². The van der Waals surface area contributed by atoms with Crippen molar-refractivity contribution in [2.24, 2.45) is 0 Å². The largest absolute Gasteiger partial charge is 0.398 e. The van der Waals surface area contributed by atoms with E-state index in [9.17, 15) is 8.42 Å². The minimum absolute atomic E-state index is 0.182. The van der Waals surface area contributed by atoms with Crippen molar-refractivity contribution in [3.8, 4) is 0 Å². The summed E-state index contributed by atoms with van der Waals surface area (Å²) in [5, 5.41) is 0.646. The second-order valence-electron chi connectivity index (χ2n) is 4.82. The number of sulfone groups is 1. The van der Waals surface area contributed by atoms with E-state index < -0.39 is 9.84 Å². The third-order valence-corrected chi connectivity index (χ3v) is 5.38. The number of hydrogen-bond acceptors (Lipinski definition) is 4. The topological polar surface area (TPSA) is 73.0 Å². The molecular weight excluding hydrogens is 284 g/mol. The van der Waals surface area contributed by atoms with E-state index in [2.05, 4.69) is 4.98 Å². The van der Waals surface area contributed by atoms with Crippen LogP contribution < -0.4 is 5.73 Å². The lowest BCUT2D eigenvalue weighted by atomic mass is 10.2. The molecular formula is C16H14N2O2S. The predicted molar refractivity (Wildman–Crippen MR) is 82.8 cm³/mol. The molecule has 1 heterocycles. The maximum absolute atomic E-state index is 12.9. The fourth-order valence-corrected chi connectivity index (χ4v) is 4.01. The van der Waals surface area contributed by atoms with Crippen LogP contribution in [0.3, 0.4) is 0 Å². The highest BCUT2D eigenvalue weighted by Gasteiger charge is 2.23. The SMILES string of the molecule is Cc1ccccc1S(=O)(=O)c1ccc(N)c2cccnc12. The minimum Gasteiger partial charge on any atom is -0.398 e. The highest BCUT2D eigenvalue weighted by molar-refractivity contribution is 7.91. The third-order valence-electron chi connectivity index (χ3n) is 3.44. The molecule has 0 saturated carbocycles. The van der Waals surface area contributed by atoms with E-state index in [1.807, 2.05) is 6.07 Å². The lowest BCUT2D eigenvalue weighted by molar-refractivity contribution is 0.596. The van der Waals surface area contributed by atoms with Gasteiger partial charge in [0.05, 0.1) is 15.3 Å². The van der Waals surface area contributed by atoms with Crippen molar-refractivity contribution in [2.45, 2.75) is 16.7 Å². The van der Waals surface area contributed by atoms with Gasteiger partial charge in [-0.25, -0.2) is 8.42 Å². The summed E-state index contributed by atoms with van der Waals surface area (Å²) in [6.07, 6.45) is 1.57. The molecule has 1 aromatic heterocycles. The van der Waals surface area contributed by atoms with Crippen molar-refractivity contribution in [3.63, 3.8) is 0 Å². The van der Waals surface area contributed by atoms with E-state index in [0.29, 0.717) is 27.0 Å². The summed E-state index contributed by atoms with van der Waals surface area (Å²) in [6.45, 7) is 1.78. The van der Waals surface area contributed by atoms with Crippen LogP contribution in [0, 0.1) is 6.92 Å². The number of nitrogens with zero attached hydrogens (tertiary/aromatic N) is 1. The van der Waals surface area contributed by atoms with Gasteiger partial charge in [-0.1, -0.05) is 18.2 Å². The summed E-state index contributed by atoms with van der Waals surface area (Å²) in [5.74, 6) is 0. The van der Waals surface area contributed by atoms with Gasteiger partial charge in [-0.2, -0.15) is 0 Å². The molecule has 3 aromatic rings. The molecule has 21 heavy (non-hydrogen) atoms. The molecule has 0 bridgehead atoms. The summed E-state index contributed by atoms with van der Waals surface area (Å²) >= 11 is 0. The van der Waals surface area contributed by atoms with E-state index in [-0.39, 0.29) is 4.90 Å². The first-order valence-electron chi connectivity index (χ1n) is 6.46. The molecule has 0 aliphatic carbocycles. The normalized spacial score (nSPS) is 11.7. The Morgan fingerprint density at radius 2 is 1.71 bits per heavy atom. The highest BCUT2D eigenvalue weighted by Crippen LogP contribution is 2.31. The number of fused-ring (bicyclic) bond motifs is 1. The Labute approximate surface area is 123 Å². The van der Waals surface area contributed by atoms with E-state index in [1.54, 1.807) is 49.5 Å². The molecule has 0 amide bonds. The van der Waals surface area contributed by atoms with Gasteiger partial charge < -0.3 is 5.73 Å². The number of nitrogen functional groups attached to an aromatic ring is 1. The monoisotopic (exact) mass is 298 g/mol. The number of aryl methyl sites for hydroxylation is 1. The molecule has 0 aliphatic rings. The fourth-order valence-electron chi connectivity index (χ4n) is 2.36. The van der Waals surface area contributed by atoms with Crippen molar-refractivity contribution in [2.75, 3.05) is 5.73 Å². The zero-order valence-electron chi connectivity index (χ0n) is 11.4. The van der Waals surface area contributed by atoms with Gasteiger partial charge in [0.2, 0.25) is 9.84 Å². The molecule has 5 heteroatoms. The van der Waals surface area contributed by atoms with Crippen molar-refractivity contribution < 1.29 is 8.42 Å². The fraction of sp³-hybridized carbons (Fsp3) is 0.0625. The number of pyridine rings is 1. The maximum Gasteiger partial charge on any atom is 0.209 e. The first kappa shape index (κ1) is 13.6. The second kappa shape index (κ2) is 4.86. The Morgan fingerprint density at radius 1 is 0.952 bits per heavy atom. The summed E-state index contributed by atoms with van der Waals surface area (Å²) in [7, 11) is -3.63. The number of aromatic nitrogens is 1. The van der Waals surface area contributed by atoms with Crippen molar-refractivity contribution in [1.29, 1.82) is 0 Å². The van der Waals surface area contributed by atoms with Crippen molar-refractivity contribution in [1.82, 2.24) is 4.98 Å². The van der Waals surface area contributed by atoms with E-state index >= 15 is 0 Å². The van der Waals surface area contributed by atoms with Crippen molar-refractivity contribution in [3.05, 3.63) is 60.3 Å². The van der Waals surface area contributed by atoms with Gasteiger partial charge >= 0.3 is 0 Å². The molecule has 0 saturated heterocycles. The Bertz CT molecular complexity index is 934. The quantitative estimate of drug-likeness (QED) is 0.738. The summed E-state index contributed by atoms with van der Waals surface area (Å²) in [6, 6.07) is 13.6. The van der Waals surface area contributed by atoms with Crippen LogP contribution >= 0.6 is 0 Å². The zero-order chi connectivity index (χ0) is 15.0. The predicted octanol–water partition coefficient (Wildman–Crippen LogP) is 2.96. The molecule has 2 aromatic carbocycles. The molecule has 0 radical (unpaired) electrons. The van der Waals surface area contributed by atoms with Gasteiger partial charge in [-0.3, -0.25) is 4.98 Å². The van der Waals surface area contributed by atoms with Crippen LogP contribution in [0.25, 0.3) is 10.9 Å². The second-order valence-corrected chi connectivity index (χ2v) is 6.71. The Balaban J connectivity index is 2.36. The van der Waals surface area contributed by atoms with Crippen LogP contribution in [0.4, 0.5) is 5.69 Å². The lowest BCUT2D eigenvalue weighted by Crippen LogP contribution is -2.06. The molecule has 3 rings (SSSR count). The van der Waals surface area contributed by atoms with E-state index in [4.69, 9.17) is 5.73 Å². The average molecular weight is 298 g/mol. The van der Waals surface area contributed by atoms with Gasteiger partial charge in [0.1, 0.15) is 0 Å². The lowest BCUT2D eigenvalue weighted by Gasteiger charge is -2.10. The van der Waals surface area contributed by atoms with Gasteiger partial charge in [-0.05, 0) is 42.8 Å². The van der Waals surface area contributed by atoms with Crippen LogP contribution in [0.1, 0.15) is 5.56 Å². The Morgan fingerprint density at radius 3 is 2.48 bits per heavy atom. The molecule has 0 aliphatic heterocycles. The van der Waals surface area contributed by atoms with Gasteiger partial charge in [0, 0.05) is 17.3 Å². The van der Waals surface area contributed by atoms with Crippen LogP contribution in [-0.4, -0.2) is 13.4 Å². The molecule has 0 atom stereocenters. The zero-order valence-corrected chi connectivity index (χ0v) is 12.3. The van der Waals surface area contributed by atoms with Gasteiger partial charge in [0.25, 0.3) is 0 Å². The summed E-state index contributed by atoms with van der Waals surface area (Å²) < 4.78 is 25.8. The minimum atomic E-state index is -3.63. The number of nitrogens with two attached hydrogens (primary N) is 1. The van der Waals surface area contributed by atoms with Crippen LogP contribution in [-0.2, 0) is 9.84 Å². The molecule has 106 valence electrons. The number of hydrogen-bond donors (Lipinski definition) is 1. The van der Waals surface area contributed by atoms with Gasteiger partial charge in [-0.15, -0.1) is 0 Å². The Hall–Kier alpha value is -2.40. The third kappa shape index (κ3) is 2.15. The number of anilines is 1. The first-order valence-corrected chi connectivity index (χ1v) is 7.94. The van der Waals surface area contributed by atoms with Crippen LogP contribution in [0.2, 0.25) is 0 Å². The summed E-state index contributed by atoms with van der Waals surface area (Å²) in [4.78, 5) is 4.68. The first-order chi connectivity index (χ1) is 10.0. The summed E-state index contributed by atoms with van der Waals surface area (Å²) in [5.41, 5.74) is 7.53. The standard InChI is InChI=1S/C16H14N2O2S/c1-11-5-2-3-7-14(11)21(19,20)15-9-8-13(17)12-6-4-10-18-16(12)15/h2-10H,17H2,1H3. The number of rotatable bonds is 2. The highest BCUT2D eigenvalue weighted by atomic mass is 32.2. The van der Waals surface area contributed by atoms with E-state index in [0.717, 1.165) is 0 Å². The smallest absolute Gasteiger partial charge is 0.209 e. The molecule has 0 spiro atoms. The van der Waals surface area contributed by atoms with Crippen LogP contribution in [0.5, 0.6) is 0 Å².